The van der Waals surface area contributed by atoms with Gasteiger partial charge in [0.1, 0.15) is 11.3 Å². The van der Waals surface area contributed by atoms with Crippen LogP contribution in [0.2, 0.25) is 0 Å². The van der Waals surface area contributed by atoms with Crippen LogP contribution in [0.3, 0.4) is 0 Å². The lowest BCUT2D eigenvalue weighted by Gasteiger charge is -2.16. The second-order valence-electron chi connectivity index (χ2n) is 3.08. The van der Waals surface area contributed by atoms with Gasteiger partial charge in [0.25, 0.3) is 0 Å². The molecule has 0 aliphatic rings. The zero-order valence-electron chi connectivity index (χ0n) is 9.65. The van der Waals surface area contributed by atoms with E-state index < -0.39 is 23.4 Å². The van der Waals surface area contributed by atoms with Crippen LogP contribution in [0.1, 0.15) is 20.3 Å². The van der Waals surface area contributed by atoms with E-state index >= 15 is 0 Å². The molecule has 0 aliphatic carbocycles. The number of carbonyl (C=O) groups excluding carboxylic acids is 1. The molecule has 0 aromatic rings. The molecule has 0 fully saturated rings. The second kappa shape index (κ2) is 6.93. The summed E-state index contributed by atoms with van der Waals surface area (Å²) in [5.41, 5.74) is -2.04. The first-order valence-corrected chi connectivity index (χ1v) is 5.11. The smallest absolute Gasteiger partial charge is 0.431 e. The normalized spacial score (nSPS) is 12.8. The molecule has 0 saturated carbocycles. The molecule has 0 aromatic carbocycles. The lowest BCUT2D eigenvalue weighted by atomic mass is 10.2. The standard InChI is InChI=1S/C10H15F3N2O2/c1-3-5-15-8(10(11,12)13)7(6-14)9(16)17-4-2/h6,14-15H,3-5H2,1-2H3/b8-7+,14-6?. The van der Waals surface area contributed by atoms with Gasteiger partial charge in [-0.25, -0.2) is 4.79 Å². The highest BCUT2D eigenvalue weighted by Crippen LogP contribution is 2.26. The lowest BCUT2D eigenvalue weighted by molar-refractivity contribution is -0.139. The number of nitrogens with one attached hydrogen (secondary N) is 2. The van der Waals surface area contributed by atoms with E-state index in [0.717, 1.165) is 0 Å². The molecule has 0 bridgehead atoms. The van der Waals surface area contributed by atoms with Crippen LogP contribution >= 0.6 is 0 Å². The Morgan fingerprint density at radius 2 is 2.00 bits per heavy atom. The molecule has 0 rings (SSSR count). The molecule has 0 saturated heterocycles. The van der Waals surface area contributed by atoms with Crippen molar-refractivity contribution in [3.05, 3.63) is 11.3 Å². The molecule has 0 amide bonds. The van der Waals surface area contributed by atoms with Crippen molar-refractivity contribution in [2.45, 2.75) is 26.4 Å². The second-order valence-corrected chi connectivity index (χ2v) is 3.08. The topological polar surface area (TPSA) is 62.2 Å². The Kier molecular flexibility index (Phi) is 6.30. The molecular weight excluding hydrogens is 237 g/mol. The van der Waals surface area contributed by atoms with Crippen molar-refractivity contribution >= 4 is 12.2 Å². The number of ether oxygens (including phenoxy) is 1. The van der Waals surface area contributed by atoms with Crippen molar-refractivity contribution in [2.75, 3.05) is 13.2 Å². The van der Waals surface area contributed by atoms with Crippen molar-refractivity contribution < 1.29 is 22.7 Å². The minimum Gasteiger partial charge on any atom is -0.462 e. The molecule has 0 spiro atoms. The Morgan fingerprint density at radius 3 is 2.35 bits per heavy atom. The maximum Gasteiger partial charge on any atom is 0.431 e. The molecule has 0 unspecified atom stereocenters. The summed E-state index contributed by atoms with van der Waals surface area (Å²) in [5.74, 6) is -1.15. The van der Waals surface area contributed by atoms with Crippen LogP contribution in [0.4, 0.5) is 13.2 Å². The lowest BCUT2D eigenvalue weighted by Crippen LogP contribution is -2.31. The zero-order valence-corrected chi connectivity index (χ0v) is 9.65. The van der Waals surface area contributed by atoms with E-state index in [1.54, 1.807) is 6.92 Å². The predicted octanol–water partition coefficient (Wildman–Crippen LogP) is 2.02. The fourth-order valence-corrected chi connectivity index (χ4v) is 1.04. The van der Waals surface area contributed by atoms with Crippen LogP contribution in [-0.2, 0) is 9.53 Å². The minimum absolute atomic E-state index is 0.0465. The molecule has 0 atom stereocenters. The summed E-state index contributed by atoms with van der Waals surface area (Å²) in [4.78, 5) is 11.3. The van der Waals surface area contributed by atoms with Crippen molar-refractivity contribution in [3.63, 3.8) is 0 Å². The highest BCUT2D eigenvalue weighted by Gasteiger charge is 2.38. The Hall–Kier alpha value is -1.53. The molecule has 0 radical (unpaired) electrons. The number of alkyl halides is 3. The van der Waals surface area contributed by atoms with Gasteiger partial charge >= 0.3 is 12.1 Å². The number of hydrogen-bond acceptors (Lipinski definition) is 4. The van der Waals surface area contributed by atoms with Crippen LogP contribution in [0.25, 0.3) is 0 Å². The first-order chi connectivity index (χ1) is 7.88. The molecular formula is C10H15F3N2O2. The predicted molar refractivity (Wildman–Crippen MR) is 56.8 cm³/mol. The minimum atomic E-state index is -4.71. The number of carbonyl (C=O) groups is 1. The van der Waals surface area contributed by atoms with E-state index in [9.17, 15) is 18.0 Å². The molecule has 4 nitrogen and oxygen atoms in total. The SMILES string of the molecule is CCCN/C(=C(\C=N)C(=O)OCC)C(F)(F)F. The fourth-order valence-electron chi connectivity index (χ4n) is 1.04. The molecule has 0 aromatic heterocycles. The summed E-state index contributed by atoms with van der Waals surface area (Å²) in [6.45, 7) is 3.18. The fraction of sp³-hybridized carbons (Fsp3) is 0.600. The summed E-state index contributed by atoms with van der Waals surface area (Å²) in [6, 6.07) is 0. The third-order valence-electron chi connectivity index (χ3n) is 1.74. The van der Waals surface area contributed by atoms with Crippen LogP contribution in [-0.4, -0.2) is 31.5 Å². The van der Waals surface area contributed by atoms with Crippen molar-refractivity contribution in [1.29, 1.82) is 5.41 Å². The van der Waals surface area contributed by atoms with Gasteiger partial charge < -0.3 is 15.5 Å². The van der Waals surface area contributed by atoms with Gasteiger partial charge in [-0.05, 0) is 13.3 Å². The summed E-state index contributed by atoms with van der Waals surface area (Å²) in [7, 11) is 0. The van der Waals surface area contributed by atoms with Gasteiger partial charge in [-0.15, -0.1) is 0 Å². The maximum absolute atomic E-state index is 12.6. The molecule has 0 aliphatic heterocycles. The average molecular weight is 252 g/mol. The van der Waals surface area contributed by atoms with Crippen molar-refractivity contribution in [2.24, 2.45) is 0 Å². The molecule has 98 valence electrons. The number of hydrogen-bond donors (Lipinski definition) is 2. The van der Waals surface area contributed by atoms with Crippen LogP contribution < -0.4 is 5.32 Å². The van der Waals surface area contributed by atoms with Gasteiger partial charge in [0.05, 0.1) is 6.61 Å². The highest BCUT2D eigenvalue weighted by molar-refractivity contribution is 6.09. The van der Waals surface area contributed by atoms with Gasteiger partial charge in [-0.1, -0.05) is 6.92 Å². The number of allylic oxidation sites excluding steroid dienone is 1. The Bertz CT molecular complexity index is 311. The van der Waals surface area contributed by atoms with E-state index in [1.807, 2.05) is 0 Å². The molecule has 17 heavy (non-hydrogen) atoms. The van der Waals surface area contributed by atoms with Gasteiger partial charge in [0.15, 0.2) is 0 Å². The van der Waals surface area contributed by atoms with E-state index in [0.29, 0.717) is 12.6 Å². The Balaban J connectivity index is 5.28. The number of halogens is 3. The van der Waals surface area contributed by atoms with Gasteiger partial charge in [0.2, 0.25) is 0 Å². The third kappa shape index (κ3) is 4.88. The summed E-state index contributed by atoms with van der Waals surface area (Å²) < 4.78 is 42.4. The quantitative estimate of drug-likeness (QED) is 0.432. The van der Waals surface area contributed by atoms with Crippen LogP contribution in [0.5, 0.6) is 0 Å². The molecule has 7 heteroatoms. The zero-order chi connectivity index (χ0) is 13.5. The van der Waals surface area contributed by atoms with Crippen molar-refractivity contribution in [3.8, 4) is 0 Å². The first-order valence-electron chi connectivity index (χ1n) is 5.11. The summed E-state index contributed by atoms with van der Waals surface area (Å²) in [5, 5.41) is 8.99. The average Bonchev–Trinajstić information content (AvgIpc) is 2.22. The maximum atomic E-state index is 12.6. The van der Waals surface area contributed by atoms with Gasteiger partial charge in [-0.3, -0.25) is 0 Å². The monoisotopic (exact) mass is 252 g/mol. The van der Waals surface area contributed by atoms with E-state index in [4.69, 9.17) is 5.41 Å². The summed E-state index contributed by atoms with van der Waals surface area (Å²) >= 11 is 0. The molecule has 2 N–H and O–H groups in total. The largest absolute Gasteiger partial charge is 0.462 e. The molecule has 0 heterocycles. The van der Waals surface area contributed by atoms with Crippen LogP contribution in [0, 0.1) is 5.41 Å². The summed E-state index contributed by atoms with van der Waals surface area (Å²) in [6.07, 6.45) is -3.90. The highest BCUT2D eigenvalue weighted by atomic mass is 19.4. The van der Waals surface area contributed by atoms with Crippen LogP contribution in [0.15, 0.2) is 11.3 Å². The van der Waals surface area contributed by atoms with Gasteiger partial charge in [0, 0.05) is 12.8 Å². The van der Waals surface area contributed by atoms with E-state index in [1.165, 1.54) is 6.92 Å². The van der Waals surface area contributed by atoms with Crippen molar-refractivity contribution in [1.82, 2.24) is 5.32 Å². The van der Waals surface area contributed by atoms with Gasteiger partial charge in [-0.2, -0.15) is 13.2 Å². The first kappa shape index (κ1) is 15.5. The number of rotatable bonds is 6. The van der Waals surface area contributed by atoms with E-state index in [-0.39, 0.29) is 13.2 Å². The Labute approximate surface area is 97.3 Å². The van der Waals surface area contributed by atoms with E-state index in [2.05, 4.69) is 10.1 Å². The Morgan fingerprint density at radius 1 is 1.41 bits per heavy atom. The number of esters is 1. The third-order valence-corrected chi connectivity index (χ3v) is 1.74.